The van der Waals surface area contributed by atoms with Crippen molar-refractivity contribution in [2.24, 2.45) is 0 Å². The van der Waals surface area contributed by atoms with Gasteiger partial charge in [0.15, 0.2) is 0 Å². The van der Waals surface area contributed by atoms with Gasteiger partial charge in [0.2, 0.25) is 0 Å². The van der Waals surface area contributed by atoms with E-state index in [2.05, 4.69) is 16.8 Å². The summed E-state index contributed by atoms with van der Waals surface area (Å²) in [6, 6.07) is 3.94. The van der Waals surface area contributed by atoms with Crippen LogP contribution >= 0.6 is 0 Å². The summed E-state index contributed by atoms with van der Waals surface area (Å²) in [7, 11) is 2.09. The summed E-state index contributed by atoms with van der Waals surface area (Å²) < 4.78 is 18.4. The van der Waals surface area contributed by atoms with E-state index in [1.165, 1.54) is 12.1 Å². The Kier molecular flexibility index (Phi) is 4.92. The van der Waals surface area contributed by atoms with Crippen LogP contribution in [-0.2, 0) is 4.74 Å². The largest absolute Gasteiger partial charge is 0.461 e. The van der Waals surface area contributed by atoms with Crippen molar-refractivity contribution in [2.75, 3.05) is 52.1 Å². The van der Waals surface area contributed by atoms with Crippen molar-refractivity contribution in [2.45, 2.75) is 0 Å². The molecule has 6 heteroatoms. The average molecular weight is 281 g/mol. The van der Waals surface area contributed by atoms with Gasteiger partial charge in [-0.3, -0.25) is 4.90 Å². The van der Waals surface area contributed by atoms with E-state index in [-0.39, 0.29) is 11.3 Å². The number of rotatable bonds is 4. The maximum Gasteiger partial charge on any atom is 0.338 e. The quantitative estimate of drug-likeness (QED) is 0.654. The monoisotopic (exact) mass is 281 g/mol. The molecule has 20 heavy (non-hydrogen) atoms. The summed E-state index contributed by atoms with van der Waals surface area (Å²) in [5.41, 5.74) is 5.58. The molecule has 5 nitrogen and oxygen atoms in total. The molecule has 1 aliphatic rings. The molecule has 0 amide bonds. The third kappa shape index (κ3) is 3.91. The van der Waals surface area contributed by atoms with Crippen LogP contribution in [0.3, 0.4) is 0 Å². The number of anilines is 1. The Balaban J connectivity index is 1.76. The first kappa shape index (κ1) is 14.7. The number of ether oxygens (including phenoxy) is 1. The van der Waals surface area contributed by atoms with E-state index in [4.69, 9.17) is 10.5 Å². The first-order valence-electron chi connectivity index (χ1n) is 6.69. The van der Waals surface area contributed by atoms with Crippen molar-refractivity contribution in [1.82, 2.24) is 9.80 Å². The number of halogens is 1. The average Bonchev–Trinajstić information content (AvgIpc) is 2.44. The molecule has 110 valence electrons. The van der Waals surface area contributed by atoms with Gasteiger partial charge in [-0.05, 0) is 25.2 Å². The lowest BCUT2D eigenvalue weighted by atomic mass is 10.2. The highest BCUT2D eigenvalue weighted by Crippen LogP contribution is 2.12. The summed E-state index contributed by atoms with van der Waals surface area (Å²) in [5.74, 6) is -1.11. The van der Waals surface area contributed by atoms with Crippen LogP contribution in [0.25, 0.3) is 0 Å². The Morgan fingerprint density at radius 3 is 2.70 bits per heavy atom. The van der Waals surface area contributed by atoms with Gasteiger partial charge in [0.25, 0.3) is 0 Å². The van der Waals surface area contributed by atoms with Crippen LogP contribution in [-0.4, -0.2) is 62.1 Å². The van der Waals surface area contributed by atoms with Crippen molar-refractivity contribution >= 4 is 11.7 Å². The Bertz CT molecular complexity index is 473. The van der Waals surface area contributed by atoms with Crippen LogP contribution in [0, 0.1) is 5.82 Å². The van der Waals surface area contributed by atoms with Crippen LogP contribution < -0.4 is 5.73 Å². The van der Waals surface area contributed by atoms with Crippen LogP contribution in [0.1, 0.15) is 10.4 Å². The van der Waals surface area contributed by atoms with Gasteiger partial charge in [0, 0.05) is 32.7 Å². The Morgan fingerprint density at radius 1 is 1.35 bits per heavy atom. The van der Waals surface area contributed by atoms with Gasteiger partial charge in [-0.25, -0.2) is 9.18 Å². The van der Waals surface area contributed by atoms with Gasteiger partial charge in [-0.2, -0.15) is 0 Å². The fourth-order valence-corrected chi connectivity index (χ4v) is 2.08. The fourth-order valence-electron chi connectivity index (χ4n) is 2.08. The Morgan fingerprint density at radius 2 is 2.05 bits per heavy atom. The van der Waals surface area contributed by atoms with E-state index in [9.17, 15) is 9.18 Å². The van der Waals surface area contributed by atoms with Crippen molar-refractivity contribution in [3.05, 3.63) is 29.6 Å². The predicted octanol–water partition coefficient (Wildman–Crippen LogP) is 0.812. The molecular formula is C14H20FN3O2. The van der Waals surface area contributed by atoms with Gasteiger partial charge in [0.05, 0.1) is 11.3 Å². The molecule has 1 fully saturated rings. The molecule has 2 N–H and O–H groups in total. The zero-order chi connectivity index (χ0) is 14.5. The summed E-state index contributed by atoms with van der Waals surface area (Å²) in [6.45, 7) is 5.02. The number of esters is 1. The van der Waals surface area contributed by atoms with Crippen LogP contribution in [0.4, 0.5) is 10.1 Å². The smallest absolute Gasteiger partial charge is 0.338 e. The molecule has 0 saturated carbocycles. The topological polar surface area (TPSA) is 58.8 Å². The number of likely N-dealkylation sites (N-methyl/N-ethyl adjacent to an activating group) is 1. The highest BCUT2D eigenvalue weighted by atomic mass is 19.1. The zero-order valence-corrected chi connectivity index (χ0v) is 11.6. The molecule has 1 aliphatic heterocycles. The molecule has 0 radical (unpaired) electrons. The maximum atomic E-state index is 13.2. The Labute approximate surface area is 118 Å². The van der Waals surface area contributed by atoms with Crippen molar-refractivity contribution in [3.63, 3.8) is 0 Å². The van der Waals surface area contributed by atoms with Gasteiger partial charge in [0.1, 0.15) is 12.4 Å². The highest BCUT2D eigenvalue weighted by Gasteiger charge is 2.14. The minimum Gasteiger partial charge on any atom is -0.461 e. The van der Waals surface area contributed by atoms with Gasteiger partial charge in [-0.15, -0.1) is 0 Å². The SMILES string of the molecule is CN1CCN(CCOC(=O)c2ccc(N)c(F)c2)CC1. The summed E-state index contributed by atoms with van der Waals surface area (Å²) in [6.07, 6.45) is 0. The number of nitrogen functional groups attached to an aromatic ring is 1. The number of hydrogen-bond donors (Lipinski definition) is 1. The fraction of sp³-hybridized carbons (Fsp3) is 0.500. The van der Waals surface area contributed by atoms with Crippen molar-refractivity contribution in [1.29, 1.82) is 0 Å². The molecule has 0 atom stereocenters. The van der Waals surface area contributed by atoms with Crippen LogP contribution in [0.15, 0.2) is 18.2 Å². The van der Waals surface area contributed by atoms with E-state index < -0.39 is 11.8 Å². The molecule has 0 aliphatic carbocycles. The second-order valence-electron chi connectivity index (χ2n) is 5.02. The molecule has 2 rings (SSSR count). The number of carbonyl (C=O) groups excluding carboxylic acids is 1. The first-order valence-corrected chi connectivity index (χ1v) is 6.69. The standard InChI is InChI=1S/C14H20FN3O2/c1-17-4-6-18(7-5-17)8-9-20-14(19)11-2-3-13(16)12(15)10-11/h2-3,10H,4-9,16H2,1H3. The molecule has 0 spiro atoms. The lowest BCUT2D eigenvalue weighted by Gasteiger charge is -2.32. The van der Waals surface area contributed by atoms with Crippen LogP contribution in [0.5, 0.6) is 0 Å². The minimum atomic E-state index is -0.599. The first-order chi connectivity index (χ1) is 9.56. The molecule has 1 saturated heterocycles. The molecule has 1 aromatic rings. The number of hydrogen-bond acceptors (Lipinski definition) is 5. The van der Waals surface area contributed by atoms with E-state index in [1.54, 1.807) is 0 Å². The number of piperazine rings is 1. The third-order valence-corrected chi connectivity index (χ3v) is 3.47. The van der Waals surface area contributed by atoms with E-state index in [0.29, 0.717) is 13.2 Å². The molecule has 0 unspecified atom stereocenters. The summed E-state index contributed by atoms with van der Waals surface area (Å²) in [5, 5.41) is 0. The molecule has 1 aromatic carbocycles. The van der Waals surface area contributed by atoms with Crippen molar-refractivity contribution in [3.8, 4) is 0 Å². The van der Waals surface area contributed by atoms with Gasteiger partial charge < -0.3 is 15.4 Å². The molecule has 0 aromatic heterocycles. The summed E-state index contributed by atoms with van der Waals surface area (Å²) >= 11 is 0. The van der Waals surface area contributed by atoms with Gasteiger partial charge >= 0.3 is 5.97 Å². The predicted molar refractivity (Wildman–Crippen MR) is 75.0 cm³/mol. The van der Waals surface area contributed by atoms with E-state index in [0.717, 1.165) is 32.2 Å². The van der Waals surface area contributed by atoms with E-state index in [1.807, 2.05) is 0 Å². The normalized spacial score (nSPS) is 17.1. The number of nitrogens with two attached hydrogens (primary N) is 1. The highest BCUT2D eigenvalue weighted by molar-refractivity contribution is 5.89. The minimum absolute atomic E-state index is 0.0268. The lowest BCUT2D eigenvalue weighted by Crippen LogP contribution is -2.45. The number of benzene rings is 1. The number of carbonyl (C=O) groups is 1. The zero-order valence-electron chi connectivity index (χ0n) is 11.6. The molecule has 1 heterocycles. The maximum absolute atomic E-state index is 13.2. The lowest BCUT2D eigenvalue weighted by molar-refractivity contribution is 0.0432. The van der Waals surface area contributed by atoms with E-state index >= 15 is 0 Å². The van der Waals surface area contributed by atoms with Crippen LogP contribution in [0.2, 0.25) is 0 Å². The molecule has 0 bridgehead atoms. The third-order valence-electron chi connectivity index (χ3n) is 3.47. The van der Waals surface area contributed by atoms with Gasteiger partial charge in [-0.1, -0.05) is 0 Å². The summed E-state index contributed by atoms with van der Waals surface area (Å²) in [4.78, 5) is 16.3. The second kappa shape index (κ2) is 6.67. The molecular weight excluding hydrogens is 261 g/mol. The Hall–Kier alpha value is -1.66. The number of nitrogens with zero attached hydrogens (tertiary/aromatic N) is 2. The van der Waals surface area contributed by atoms with Crippen molar-refractivity contribution < 1.29 is 13.9 Å². The second-order valence-corrected chi connectivity index (χ2v) is 5.02.